The third kappa shape index (κ3) is 5.63. The highest BCUT2D eigenvalue weighted by Gasteiger charge is 2.24. The molecule has 0 aliphatic rings. The third-order valence-corrected chi connectivity index (χ3v) is 7.57. The maximum absolute atomic E-state index is 13.0. The van der Waals surface area contributed by atoms with Crippen molar-refractivity contribution in [2.45, 2.75) is 28.3 Å². The Kier molecular flexibility index (Phi) is 7.01. The van der Waals surface area contributed by atoms with Crippen LogP contribution in [0.4, 0.5) is 5.69 Å². The second-order valence-corrected chi connectivity index (χ2v) is 10.3. The summed E-state index contributed by atoms with van der Waals surface area (Å²) in [7, 11) is -3.53. The minimum atomic E-state index is -3.53. The normalized spacial score (nSPS) is 12.5. The van der Waals surface area contributed by atoms with E-state index < -0.39 is 15.3 Å². The molecule has 10 heteroatoms. The van der Waals surface area contributed by atoms with Gasteiger partial charge in [-0.2, -0.15) is 0 Å². The molecule has 2 aromatic carbocycles. The molecule has 0 saturated carbocycles. The van der Waals surface area contributed by atoms with E-state index in [-0.39, 0.29) is 10.8 Å². The van der Waals surface area contributed by atoms with Crippen molar-refractivity contribution in [1.82, 2.24) is 14.9 Å². The highest BCUT2D eigenvalue weighted by atomic mass is 32.2. The Morgan fingerprint density at radius 3 is 2.38 bits per heavy atom. The van der Waals surface area contributed by atoms with Crippen molar-refractivity contribution in [2.75, 3.05) is 11.9 Å². The van der Waals surface area contributed by atoms with Gasteiger partial charge in [0.25, 0.3) is 0 Å². The predicted octanol–water partition coefficient (Wildman–Crippen LogP) is 3.62. The van der Waals surface area contributed by atoms with E-state index in [1.54, 1.807) is 19.1 Å². The van der Waals surface area contributed by atoms with Gasteiger partial charge in [-0.1, -0.05) is 60.4 Å². The summed E-state index contributed by atoms with van der Waals surface area (Å²) in [6, 6.07) is 15.5. The number of amides is 1. The molecule has 152 valence electrons. The van der Waals surface area contributed by atoms with Gasteiger partial charge in [-0.15, -0.1) is 10.2 Å². The van der Waals surface area contributed by atoms with Crippen LogP contribution in [0.5, 0.6) is 0 Å². The van der Waals surface area contributed by atoms with Gasteiger partial charge in [0.15, 0.2) is 4.34 Å². The molecule has 0 bridgehead atoms. The van der Waals surface area contributed by atoms with Gasteiger partial charge in [0.05, 0.1) is 4.90 Å². The van der Waals surface area contributed by atoms with Crippen LogP contribution in [0.25, 0.3) is 0 Å². The molecular weight excluding hydrogens is 428 g/mol. The van der Waals surface area contributed by atoms with E-state index in [1.807, 2.05) is 37.3 Å². The molecule has 3 rings (SSSR count). The first-order valence-corrected chi connectivity index (χ1v) is 12.0. The first-order chi connectivity index (χ1) is 13.9. The Morgan fingerprint density at radius 1 is 1.10 bits per heavy atom. The second-order valence-electron chi connectivity index (χ2n) is 6.01. The Balaban J connectivity index is 1.79. The van der Waals surface area contributed by atoms with Gasteiger partial charge >= 0.3 is 0 Å². The maximum Gasteiger partial charge on any atom is 0.242 e. The number of carbonyl (C=O) groups is 1. The van der Waals surface area contributed by atoms with Crippen LogP contribution in [0.15, 0.2) is 63.8 Å². The van der Waals surface area contributed by atoms with Crippen molar-refractivity contribution in [3.05, 3.63) is 65.2 Å². The molecule has 29 heavy (non-hydrogen) atoms. The van der Waals surface area contributed by atoms with Crippen LogP contribution in [-0.2, 0) is 14.8 Å². The number of nitrogens with zero attached hydrogens (tertiary/aromatic N) is 2. The molecule has 0 aliphatic carbocycles. The molecule has 2 N–H and O–H groups in total. The summed E-state index contributed by atoms with van der Waals surface area (Å²) in [4.78, 5) is 13.2. The van der Waals surface area contributed by atoms with Crippen molar-refractivity contribution in [1.29, 1.82) is 0 Å². The minimum absolute atomic E-state index is 0.149. The molecule has 0 saturated heterocycles. The van der Waals surface area contributed by atoms with E-state index in [1.165, 1.54) is 35.2 Å². The first kappa shape index (κ1) is 21.4. The SMILES string of the molecule is CCNS(=O)(=O)c1ccc(NC(=O)[C@H](Sc2nnc(C)s2)c2ccccc2)cc1. The highest BCUT2D eigenvalue weighted by Crippen LogP contribution is 2.37. The third-order valence-electron chi connectivity index (χ3n) is 3.83. The second kappa shape index (κ2) is 9.49. The van der Waals surface area contributed by atoms with Crippen LogP contribution < -0.4 is 10.0 Å². The molecule has 1 atom stereocenters. The summed E-state index contributed by atoms with van der Waals surface area (Å²) in [5.74, 6) is -0.226. The monoisotopic (exact) mass is 448 g/mol. The molecule has 0 fully saturated rings. The number of anilines is 1. The zero-order chi connectivity index (χ0) is 20.9. The number of rotatable bonds is 8. The molecule has 3 aromatic rings. The summed E-state index contributed by atoms with van der Waals surface area (Å²) in [5.41, 5.74) is 1.36. The smallest absolute Gasteiger partial charge is 0.242 e. The number of sulfonamides is 1. The van der Waals surface area contributed by atoms with Crippen molar-refractivity contribution in [2.24, 2.45) is 0 Å². The summed E-state index contributed by atoms with van der Waals surface area (Å²) in [6.07, 6.45) is 0. The molecule has 0 radical (unpaired) electrons. The predicted molar refractivity (Wildman–Crippen MR) is 116 cm³/mol. The molecule has 0 unspecified atom stereocenters. The van der Waals surface area contributed by atoms with E-state index >= 15 is 0 Å². The number of nitrogens with one attached hydrogen (secondary N) is 2. The fourth-order valence-electron chi connectivity index (χ4n) is 2.53. The largest absolute Gasteiger partial charge is 0.325 e. The Labute approximate surface area is 178 Å². The van der Waals surface area contributed by atoms with Crippen LogP contribution in [0, 0.1) is 6.92 Å². The number of hydrogen-bond acceptors (Lipinski definition) is 7. The number of carbonyl (C=O) groups excluding carboxylic acids is 1. The maximum atomic E-state index is 13.0. The topological polar surface area (TPSA) is 101 Å². The average Bonchev–Trinajstić information content (AvgIpc) is 3.12. The van der Waals surface area contributed by atoms with Gasteiger partial charge in [-0.3, -0.25) is 4.79 Å². The lowest BCUT2D eigenvalue weighted by atomic mass is 10.1. The summed E-state index contributed by atoms with van der Waals surface area (Å²) >= 11 is 2.76. The number of aromatic nitrogens is 2. The summed E-state index contributed by atoms with van der Waals surface area (Å²) in [5, 5.41) is 11.3. The molecule has 0 spiro atoms. The van der Waals surface area contributed by atoms with E-state index in [9.17, 15) is 13.2 Å². The molecule has 1 heterocycles. The minimum Gasteiger partial charge on any atom is -0.325 e. The van der Waals surface area contributed by atoms with Crippen LogP contribution in [-0.4, -0.2) is 31.1 Å². The number of thioether (sulfide) groups is 1. The van der Waals surface area contributed by atoms with E-state index in [4.69, 9.17) is 0 Å². The van der Waals surface area contributed by atoms with Gasteiger partial charge in [0.1, 0.15) is 10.3 Å². The summed E-state index contributed by atoms with van der Waals surface area (Å²) < 4.78 is 27.2. The zero-order valence-electron chi connectivity index (χ0n) is 15.8. The Hall–Kier alpha value is -2.27. The Bertz CT molecular complexity index is 1070. The summed E-state index contributed by atoms with van der Waals surface area (Å²) in [6.45, 7) is 3.89. The molecule has 7 nitrogen and oxygen atoms in total. The van der Waals surface area contributed by atoms with Crippen LogP contribution in [0.3, 0.4) is 0 Å². The van der Waals surface area contributed by atoms with Gasteiger partial charge in [0.2, 0.25) is 15.9 Å². The zero-order valence-corrected chi connectivity index (χ0v) is 18.3. The average molecular weight is 449 g/mol. The van der Waals surface area contributed by atoms with Gasteiger partial charge in [0, 0.05) is 12.2 Å². The quantitative estimate of drug-likeness (QED) is 0.511. The lowest BCUT2D eigenvalue weighted by Crippen LogP contribution is -2.23. The lowest BCUT2D eigenvalue weighted by molar-refractivity contribution is -0.115. The lowest BCUT2D eigenvalue weighted by Gasteiger charge is -2.16. The van der Waals surface area contributed by atoms with E-state index in [2.05, 4.69) is 20.2 Å². The number of benzene rings is 2. The number of hydrogen-bond donors (Lipinski definition) is 2. The highest BCUT2D eigenvalue weighted by molar-refractivity contribution is 8.01. The van der Waals surface area contributed by atoms with Crippen molar-refractivity contribution in [3.63, 3.8) is 0 Å². The molecule has 1 aromatic heterocycles. The van der Waals surface area contributed by atoms with Crippen LogP contribution in [0.2, 0.25) is 0 Å². The first-order valence-electron chi connectivity index (χ1n) is 8.81. The Morgan fingerprint density at radius 2 is 1.79 bits per heavy atom. The van der Waals surface area contributed by atoms with E-state index in [0.717, 1.165) is 10.6 Å². The molecule has 1 amide bonds. The number of aryl methyl sites for hydroxylation is 1. The van der Waals surface area contributed by atoms with Crippen LogP contribution in [0.1, 0.15) is 22.7 Å². The molecule has 0 aliphatic heterocycles. The fraction of sp³-hybridized carbons (Fsp3) is 0.211. The molecular formula is C19H20N4O3S3. The van der Waals surface area contributed by atoms with Gasteiger partial charge in [-0.05, 0) is 36.8 Å². The van der Waals surface area contributed by atoms with Crippen molar-refractivity contribution >= 4 is 44.7 Å². The van der Waals surface area contributed by atoms with E-state index in [0.29, 0.717) is 16.6 Å². The fourth-order valence-corrected chi connectivity index (χ4v) is 5.58. The van der Waals surface area contributed by atoms with Gasteiger partial charge < -0.3 is 5.32 Å². The van der Waals surface area contributed by atoms with Crippen molar-refractivity contribution < 1.29 is 13.2 Å². The van der Waals surface area contributed by atoms with Crippen molar-refractivity contribution in [3.8, 4) is 0 Å². The van der Waals surface area contributed by atoms with Crippen LogP contribution >= 0.6 is 23.1 Å². The standard InChI is InChI=1S/C19H20N4O3S3/c1-3-20-29(25,26)16-11-9-15(10-12-16)21-18(24)17(14-7-5-4-6-8-14)28-19-23-22-13(2)27-19/h4-12,17,20H,3H2,1-2H3,(H,21,24)/t17-/m1/s1. The van der Waals surface area contributed by atoms with Gasteiger partial charge in [-0.25, -0.2) is 13.1 Å².